The van der Waals surface area contributed by atoms with Crippen LogP contribution in [-0.4, -0.2) is 5.97 Å². The minimum Gasteiger partial charge on any atom is -0.548 e. The van der Waals surface area contributed by atoms with Crippen LogP contribution in [0.2, 0.25) is 0 Å². The lowest BCUT2D eigenvalue weighted by Gasteiger charge is -2.31. The summed E-state index contributed by atoms with van der Waals surface area (Å²) in [6.07, 6.45) is 0.982. The van der Waals surface area contributed by atoms with Crippen molar-refractivity contribution in [3.63, 3.8) is 0 Å². The van der Waals surface area contributed by atoms with Crippen LogP contribution in [0.3, 0.4) is 0 Å². The zero-order chi connectivity index (χ0) is 9.78. The molecule has 3 heteroatoms. The Labute approximate surface area is 73.0 Å². The van der Waals surface area contributed by atoms with Crippen molar-refractivity contribution in [2.45, 2.75) is 33.6 Å². The number of aliphatic carboxylic acids is 1. The van der Waals surface area contributed by atoms with Gasteiger partial charge in [-0.05, 0) is 12.3 Å². The molecule has 0 bridgehead atoms. The van der Waals surface area contributed by atoms with Gasteiger partial charge >= 0.3 is 0 Å². The highest BCUT2D eigenvalue weighted by molar-refractivity contribution is 5.76. The van der Waals surface area contributed by atoms with Crippen LogP contribution < -0.4 is 5.11 Å². The summed E-state index contributed by atoms with van der Waals surface area (Å²) < 4.78 is 0. The van der Waals surface area contributed by atoms with Crippen molar-refractivity contribution in [1.82, 2.24) is 0 Å². The Morgan fingerprint density at radius 3 is 2.25 bits per heavy atom. The number of rotatable bonds is 4. The maximum atomic E-state index is 10.8. The van der Waals surface area contributed by atoms with Crippen LogP contribution in [0.25, 0.3) is 0 Å². The SMILES string of the molecule is CCC(C)C(C#N)(CC)C(=O)[O-]. The molecule has 0 rings (SSSR count). The van der Waals surface area contributed by atoms with Crippen LogP contribution >= 0.6 is 0 Å². The Bertz CT molecular complexity index is 207. The molecular weight excluding hydrogens is 154 g/mol. The van der Waals surface area contributed by atoms with Gasteiger partial charge in [0.15, 0.2) is 0 Å². The number of carbonyl (C=O) groups excluding carboxylic acids is 1. The fraction of sp³-hybridized carbons (Fsp3) is 0.778. The maximum absolute atomic E-state index is 10.8. The maximum Gasteiger partial charge on any atom is 0.0989 e. The summed E-state index contributed by atoms with van der Waals surface area (Å²) >= 11 is 0. The number of carbonyl (C=O) groups is 1. The second-order valence-electron chi connectivity index (χ2n) is 3.03. The largest absolute Gasteiger partial charge is 0.548 e. The van der Waals surface area contributed by atoms with Gasteiger partial charge in [0.2, 0.25) is 0 Å². The monoisotopic (exact) mass is 168 g/mol. The second-order valence-corrected chi connectivity index (χ2v) is 3.03. The van der Waals surface area contributed by atoms with Gasteiger partial charge in [0.1, 0.15) is 0 Å². The first-order chi connectivity index (χ1) is 5.55. The van der Waals surface area contributed by atoms with Gasteiger partial charge in [0, 0.05) is 0 Å². The molecule has 2 atom stereocenters. The van der Waals surface area contributed by atoms with E-state index in [1.807, 2.05) is 13.0 Å². The molecular formula is C9H14NO2-. The summed E-state index contributed by atoms with van der Waals surface area (Å²) in [5, 5.41) is 19.5. The molecule has 0 aliphatic heterocycles. The Balaban J connectivity index is 4.85. The smallest absolute Gasteiger partial charge is 0.0989 e. The fourth-order valence-electron chi connectivity index (χ4n) is 1.28. The van der Waals surface area contributed by atoms with Crippen molar-refractivity contribution in [3.05, 3.63) is 0 Å². The molecule has 12 heavy (non-hydrogen) atoms. The van der Waals surface area contributed by atoms with Gasteiger partial charge in [-0.3, -0.25) is 0 Å². The molecule has 68 valence electrons. The third-order valence-electron chi connectivity index (χ3n) is 2.58. The molecule has 0 N–H and O–H groups in total. The van der Waals surface area contributed by atoms with Crippen LogP contribution in [0.15, 0.2) is 0 Å². The molecule has 0 aromatic carbocycles. The highest BCUT2D eigenvalue weighted by Gasteiger charge is 2.35. The second kappa shape index (κ2) is 4.10. The molecule has 0 aromatic rings. The van der Waals surface area contributed by atoms with Crippen molar-refractivity contribution in [2.24, 2.45) is 11.3 Å². The van der Waals surface area contributed by atoms with Crippen LogP contribution in [0.5, 0.6) is 0 Å². The molecule has 0 aliphatic carbocycles. The van der Waals surface area contributed by atoms with Crippen molar-refractivity contribution < 1.29 is 9.90 Å². The van der Waals surface area contributed by atoms with Crippen LogP contribution in [0, 0.1) is 22.7 Å². The molecule has 0 fully saturated rings. The van der Waals surface area contributed by atoms with Crippen LogP contribution in [0.4, 0.5) is 0 Å². The van der Waals surface area contributed by atoms with E-state index in [1.165, 1.54) is 0 Å². The predicted octanol–water partition coefficient (Wildman–Crippen LogP) is 0.702. The summed E-state index contributed by atoms with van der Waals surface area (Å²) in [5.74, 6) is -1.40. The number of nitriles is 1. The van der Waals surface area contributed by atoms with Gasteiger partial charge in [-0.1, -0.05) is 27.2 Å². The molecule has 2 unspecified atom stereocenters. The first-order valence-electron chi connectivity index (χ1n) is 4.17. The zero-order valence-electron chi connectivity index (χ0n) is 7.76. The number of hydrogen-bond donors (Lipinski definition) is 0. The summed E-state index contributed by atoms with van der Waals surface area (Å²) in [4.78, 5) is 10.8. The van der Waals surface area contributed by atoms with Crippen molar-refractivity contribution >= 4 is 5.97 Å². The minimum absolute atomic E-state index is 0.155. The summed E-state index contributed by atoms with van der Waals surface area (Å²) in [6, 6.07) is 1.85. The summed E-state index contributed by atoms with van der Waals surface area (Å²) in [5.41, 5.74) is -1.30. The van der Waals surface area contributed by atoms with Crippen LogP contribution in [-0.2, 0) is 4.79 Å². The predicted molar refractivity (Wildman–Crippen MR) is 42.8 cm³/mol. The molecule has 0 radical (unpaired) electrons. The standard InChI is InChI=1S/C9H15NO2/c1-4-7(3)9(5-2,6-10)8(11)12/h7H,4-5H2,1-3H3,(H,11,12)/p-1. The van der Waals surface area contributed by atoms with Gasteiger partial charge < -0.3 is 9.90 Å². The summed E-state index contributed by atoms with van der Waals surface area (Å²) in [6.45, 7) is 5.34. The average molecular weight is 168 g/mol. The number of carboxylic acid groups (broad SMARTS) is 1. The molecule has 0 saturated heterocycles. The lowest BCUT2D eigenvalue weighted by molar-refractivity contribution is -0.318. The van der Waals surface area contributed by atoms with E-state index in [1.54, 1.807) is 13.8 Å². The Morgan fingerprint density at radius 1 is 1.67 bits per heavy atom. The first kappa shape index (κ1) is 11.0. The molecule has 0 spiro atoms. The van der Waals surface area contributed by atoms with E-state index in [4.69, 9.17) is 5.26 Å². The first-order valence-corrected chi connectivity index (χ1v) is 4.17. The topological polar surface area (TPSA) is 63.9 Å². The number of carboxylic acids is 1. The Kier molecular flexibility index (Phi) is 3.75. The van der Waals surface area contributed by atoms with E-state index in [0.717, 1.165) is 0 Å². The lowest BCUT2D eigenvalue weighted by atomic mass is 9.74. The third-order valence-corrected chi connectivity index (χ3v) is 2.58. The van der Waals surface area contributed by atoms with E-state index >= 15 is 0 Å². The van der Waals surface area contributed by atoms with Crippen LogP contribution in [0.1, 0.15) is 33.6 Å². The van der Waals surface area contributed by atoms with E-state index in [0.29, 0.717) is 12.8 Å². The molecule has 0 saturated carbocycles. The van der Waals surface area contributed by atoms with Gasteiger partial charge in [0.05, 0.1) is 17.5 Å². The highest BCUT2D eigenvalue weighted by Crippen LogP contribution is 2.32. The molecule has 0 heterocycles. The van der Waals surface area contributed by atoms with E-state index in [9.17, 15) is 9.90 Å². The van der Waals surface area contributed by atoms with Gasteiger partial charge in [0.25, 0.3) is 0 Å². The molecule has 3 nitrogen and oxygen atoms in total. The molecule has 0 aromatic heterocycles. The van der Waals surface area contributed by atoms with Crippen molar-refractivity contribution in [2.75, 3.05) is 0 Å². The minimum atomic E-state index is -1.30. The third kappa shape index (κ3) is 1.58. The quantitative estimate of drug-likeness (QED) is 0.620. The Morgan fingerprint density at radius 2 is 2.17 bits per heavy atom. The van der Waals surface area contributed by atoms with Crippen molar-refractivity contribution in [3.8, 4) is 6.07 Å². The average Bonchev–Trinajstić information content (AvgIpc) is 2.06. The number of nitrogens with zero attached hydrogens (tertiary/aromatic N) is 1. The zero-order valence-corrected chi connectivity index (χ0v) is 7.76. The summed E-state index contributed by atoms with van der Waals surface area (Å²) in [7, 11) is 0. The lowest BCUT2D eigenvalue weighted by Crippen LogP contribution is -2.45. The van der Waals surface area contributed by atoms with E-state index in [2.05, 4.69) is 0 Å². The number of hydrogen-bond acceptors (Lipinski definition) is 3. The van der Waals surface area contributed by atoms with E-state index < -0.39 is 11.4 Å². The van der Waals surface area contributed by atoms with Gasteiger partial charge in [-0.25, -0.2) is 0 Å². The van der Waals surface area contributed by atoms with E-state index in [-0.39, 0.29) is 5.92 Å². The molecule has 0 aliphatic rings. The van der Waals surface area contributed by atoms with Crippen molar-refractivity contribution in [1.29, 1.82) is 5.26 Å². The highest BCUT2D eigenvalue weighted by atomic mass is 16.4. The van der Waals surface area contributed by atoms with Gasteiger partial charge in [-0.15, -0.1) is 0 Å². The fourth-order valence-corrected chi connectivity index (χ4v) is 1.28. The normalized spacial score (nSPS) is 17.5. The molecule has 0 amide bonds. The Hall–Kier alpha value is -1.04. The van der Waals surface area contributed by atoms with Gasteiger partial charge in [-0.2, -0.15) is 5.26 Å².